The zero-order valence-electron chi connectivity index (χ0n) is 17.7. The Morgan fingerprint density at radius 1 is 1.27 bits per heavy atom. The lowest BCUT2D eigenvalue weighted by Crippen LogP contribution is -2.57. The van der Waals surface area contributed by atoms with Crippen LogP contribution in [-0.2, 0) is 17.6 Å². The van der Waals surface area contributed by atoms with Gasteiger partial charge in [0.05, 0.1) is 23.6 Å². The predicted molar refractivity (Wildman–Crippen MR) is 115 cm³/mol. The number of H-pyrrole nitrogens is 1. The summed E-state index contributed by atoms with van der Waals surface area (Å²) in [5.74, 6) is -1.43. The third-order valence-electron chi connectivity index (χ3n) is 6.80. The first-order chi connectivity index (χ1) is 15.6. The molecule has 3 aliphatic carbocycles. The molecule has 0 radical (unpaired) electrons. The van der Waals surface area contributed by atoms with Crippen molar-refractivity contribution >= 4 is 23.2 Å². The predicted octanol–water partition coefficient (Wildman–Crippen LogP) is 1.60. The van der Waals surface area contributed by atoms with Crippen LogP contribution in [0, 0.1) is 5.92 Å². The van der Waals surface area contributed by atoms with Crippen LogP contribution in [0.15, 0.2) is 15.7 Å². The maximum Gasteiger partial charge on any atom is 0.403 e. The van der Waals surface area contributed by atoms with Gasteiger partial charge in [0.2, 0.25) is 0 Å². The topological polar surface area (TPSA) is 90.1 Å². The maximum atomic E-state index is 15.4. The molecule has 1 fully saturated rings. The van der Waals surface area contributed by atoms with Crippen LogP contribution in [0.2, 0.25) is 0 Å². The Morgan fingerprint density at radius 3 is 2.64 bits per heavy atom. The van der Waals surface area contributed by atoms with Crippen molar-refractivity contribution in [1.82, 2.24) is 9.55 Å². The van der Waals surface area contributed by atoms with Crippen molar-refractivity contribution in [2.45, 2.75) is 62.5 Å². The molecule has 3 N–H and O–H groups in total. The number of hydrogen-bond donors (Lipinski definition) is 2. The number of nitrogens with one attached hydrogen (secondary N) is 1. The number of aromatic nitrogens is 2. The van der Waals surface area contributed by atoms with E-state index in [0.717, 1.165) is 23.3 Å². The van der Waals surface area contributed by atoms with Gasteiger partial charge in [-0.05, 0) is 55.7 Å². The molecule has 11 heteroatoms. The second-order valence-corrected chi connectivity index (χ2v) is 10.1. The van der Waals surface area contributed by atoms with Crippen molar-refractivity contribution in [3.8, 4) is 0 Å². The van der Waals surface area contributed by atoms with Crippen molar-refractivity contribution in [1.29, 1.82) is 0 Å². The van der Waals surface area contributed by atoms with Crippen molar-refractivity contribution in [2.75, 3.05) is 7.11 Å². The molecular formula is C22H23F4N3O3S. The van der Waals surface area contributed by atoms with Gasteiger partial charge in [0.25, 0.3) is 5.56 Å². The number of rotatable bonds is 4. The normalized spacial score (nSPS) is 25.8. The highest BCUT2D eigenvalue weighted by molar-refractivity contribution is 7.12. The minimum absolute atomic E-state index is 0.0691. The lowest BCUT2D eigenvalue weighted by molar-refractivity contribution is -0.159. The number of methoxy groups -OCH3 is 1. The molecule has 5 rings (SSSR count). The third kappa shape index (κ3) is 3.74. The van der Waals surface area contributed by atoms with E-state index in [1.54, 1.807) is 6.07 Å². The van der Waals surface area contributed by atoms with Crippen LogP contribution in [0.25, 0.3) is 11.8 Å². The van der Waals surface area contributed by atoms with Gasteiger partial charge in [-0.2, -0.15) is 13.2 Å². The zero-order chi connectivity index (χ0) is 23.7. The largest absolute Gasteiger partial charge is 0.498 e. The first kappa shape index (κ1) is 22.4. The molecule has 6 nitrogen and oxygen atoms in total. The summed E-state index contributed by atoms with van der Waals surface area (Å²) in [6.45, 7) is 0. The van der Waals surface area contributed by atoms with Gasteiger partial charge in [0.1, 0.15) is 18.0 Å². The number of ether oxygens (including phenoxy) is 1. The van der Waals surface area contributed by atoms with E-state index in [4.69, 9.17) is 10.5 Å². The zero-order valence-corrected chi connectivity index (χ0v) is 18.6. The molecule has 178 valence electrons. The van der Waals surface area contributed by atoms with Crippen LogP contribution in [0.5, 0.6) is 0 Å². The standard InChI is InChI=1S/C22H23F4N3O3S/c1-32-18-16(13(23)8-12-17(18)29(11-3-4-11)21(31)28-20(12)30)15-7-10-6-9(2-5-14(10)33-15)19(27)22(24,25)26/h7-9,11,13,16,19H,2-6,27H2,1H3,(H,28,30,31). The smallest absolute Gasteiger partial charge is 0.403 e. The number of aromatic amines is 1. The SMILES string of the molecule is COC1=c2c(c(=O)[nH]c(=O)n2C2CC2)=CC(F)C1c1cc2c(s1)CCC(C(N)C(F)(F)F)C2. The molecule has 0 aromatic carbocycles. The third-order valence-corrected chi connectivity index (χ3v) is 8.12. The molecule has 0 bridgehead atoms. The van der Waals surface area contributed by atoms with Gasteiger partial charge in [-0.1, -0.05) is 0 Å². The van der Waals surface area contributed by atoms with E-state index in [0.29, 0.717) is 17.7 Å². The number of thiophene rings is 1. The molecule has 0 spiro atoms. The van der Waals surface area contributed by atoms with Crippen molar-refractivity contribution in [3.05, 3.63) is 52.8 Å². The molecule has 0 aliphatic heterocycles. The minimum atomic E-state index is -4.47. The van der Waals surface area contributed by atoms with Gasteiger partial charge in [0.15, 0.2) is 0 Å². The molecule has 0 saturated heterocycles. The summed E-state index contributed by atoms with van der Waals surface area (Å²) in [4.78, 5) is 28.8. The maximum absolute atomic E-state index is 15.4. The molecule has 2 aromatic heterocycles. The Hall–Kier alpha value is -2.40. The highest BCUT2D eigenvalue weighted by Gasteiger charge is 2.43. The van der Waals surface area contributed by atoms with Crippen molar-refractivity contribution in [2.24, 2.45) is 11.7 Å². The van der Waals surface area contributed by atoms with E-state index in [1.165, 1.54) is 29.1 Å². The number of hydrogen-bond acceptors (Lipinski definition) is 5. The summed E-state index contributed by atoms with van der Waals surface area (Å²) < 4.78 is 61.9. The second-order valence-electron chi connectivity index (χ2n) is 8.95. The fraction of sp³-hybridized carbons (Fsp3) is 0.545. The molecule has 0 amide bonds. The summed E-state index contributed by atoms with van der Waals surface area (Å²) >= 11 is 1.34. The van der Waals surface area contributed by atoms with Crippen molar-refractivity contribution < 1.29 is 22.3 Å². The lowest BCUT2D eigenvalue weighted by atomic mass is 9.83. The summed E-state index contributed by atoms with van der Waals surface area (Å²) in [6, 6.07) is -0.255. The van der Waals surface area contributed by atoms with Crippen molar-refractivity contribution in [3.63, 3.8) is 0 Å². The Kier molecular flexibility index (Phi) is 5.32. The highest BCUT2D eigenvalue weighted by Crippen LogP contribution is 2.43. The summed E-state index contributed by atoms with van der Waals surface area (Å²) in [6.07, 6.45) is -2.39. The van der Waals surface area contributed by atoms with E-state index < -0.39 is 41.5 Å². The van der Waals surface area contributed by atoms with E-state index >= 15 is 4.39 Å². The van der Waals surface area contributed by atoms with Crippen LogP contribution in [0.4, 0.5) is 17.6 Å². The van der Waals surface area contributed by atoms with Crippen LogP contribution >= 0.6 is 11.3 Å². The molecule has 2 aromatic rings. The van der Waals surface area contributed by atoms with E-state index in [1.807, 2.05) is 0 Å². The van der Waals surface area contributed by atoms with Gasteiger partial charge in [-0.3, -0.25) is 14.3 Å². The van der Waals surface area contributed by atoms with Crippen LogP contribution in [0.1, 0.15) is 46.5 Å². The van der Waals surface area contributed by atoms with Crippen LogP contribution in [-0.4, -0.2) is 35.1 Å². The second kappa shape index (κ2) is 7.83. The summed E-state index contributed by atoms with van der Waals surface area (Å²) in [7, 11) is 1.37. The quantitative estimate of drug-likeness (QED) is 0.644. The molecule has 2 heterocycles. The molecule has 3 aliphatic rings. The Labute approximate surface area is 189 Å². The fourth-order valence-electron chi connectivity index (χ4n) is 5.01. The molecule has 4 unspecified atom stereocenters. The van der Waals surface area contributed by atoms with Crippen LogP contribution < -0.4 is 27.6 Å². The Morgan fingerprint density at radius 2 is 2.00 bits per heavy atom. The van der Waals surface area contributed by atoms with E-state index in [2.05, 4.69) is 4.98 Å². The van der Waals surface area contributed by atoms with Gasteiger partial charge < -0.3 is 10.5 Å². The van der Waals surface area contributed by atoms with E-state index in [9.17, 15) is 22.8 Å². The van der Waals surface area contributed by atoms with Gasteiger partial charge in [-0.25, -0.2) is 9.18 Å². The Balaban J connectivity index is 1.61. The first-order valence-corrected chi connectivity index (χ1v) is 11.6. The monoisotopic (exact) mass is 485 g/mol. The Bertz CT molecular complexity index is 1340. The number of halogens is 4. The van der Waals surface area contributed by atoms with Gasteiger partial charge >= 0.3 is 11.9 Å². The summed E-state index contributed by atoms with van der Waals surface area (Å²) in [5, 5.41) is 0.357. The average molecular weight is 486 g/mol. The average Bonchev–Trinajstić information content (AvgIpc) is 3.49. The molecule has 4 atom stereocenters. The van der Waals surface area contributed by atoms with Gasteiger partial charge in [0, 0.05) is 15.8 Å². The fourth-order valence-corrected chi connectivity index (χ4v) is 6.35. The number of nitrogens with zero attached hydrogens (tertiary/aromatic N) is 1. The number of alkyl halides is 4. The lowest BCUT2D eigenvalue weighted by Gasteiger charge is -2.28. The van der Waals surface area contributed by atoms with Gasteiger partial charge in [-0.15, -0.1) is 11.3 Å². The molecule has 33 heavy (non-hydrogen) atoms. The van der Waals surface area contributed by atoms with Crippen LogP contribution in [0.3, 0.4) is 0 Å². The molecule has 1 saturated carbocycles. The number of fused-ring (bicyclic) bond motifs is 2. The van der Waals surface area contributed by atoms with E-state index in [-0.39, 0.29) is 28.8 Å². The number of aryl methyl sites for hydroxylation is 1. The molecular weight excluding hydrogens is 462 g/mol. The minimum Gasteiger partial charge on any atom is -0.498 e. The number of nitrogens with two attached hydrogens (primary N) is 1. The summed E-state index contributed by atoms with van der Waals surface area (Å²) in [5.41, 5.74) is 4.97. The first-order valence-electron chi connectivity index (χ1n) is 10.8. The highest BCUT2D eigenvalue weighted by atomic mass is 32.1.